The highest BCUT2D eigenvalue weighted by Crippen LogP contribution is 2.51. The van der Waals surface area contributed by atoms with Crippen molar-refractivity contribution in [3.63, 3.8) is 0 Å². The van der Waals surface area contributed by atoms with Gasteiger partial charge >= 0.3 is 0 Å². The fourth-order valence-electron chi connectivity index (χ4n) is 6.43. The van der Waals surface area contributed by atoms with Gasteiger partial charge in [-0.3, -0.25) is 0 Å². The monoisotopic (exact) mass is 720 g/mol. The van der Waals surface area contributed by atoms with Crippen molar-refractivity contribution in [1.29, 1.82) is 0 Å². The van der Waals surface area contributed by atoms with Crippen LogP contribution in [0.15, 0.2) is 144 Å². The second kappa shape index (κ2) is 11.8. The van der Waals surface area contributed by atoms with Crippen molar-refractivity contribution in [1.82, 2.24) is 0 Å². The van der Waals surface area contributed by atoms with E-state index in [1.807, 2.05) is 34.0 Å². The predicted octanol–water partition coefficient (Wildman–Crippen LogP) is 15.5. The Kier molecular flexibility index (Phi) is 7.07. The third-order valence-electron chi connectivity index (χ3n) is 8.86. The molecule has 48 heavy (non-hydrogen) atoms. The Morgan fingerprint density at radius 3 is 0.750 bits per heavy atom. The van der Waals surface area contributed by atoms with Gasteiger partial charge < -0.3 is 0 Å². The SMILES string of the molecule is c1csc(-c2ccc(-c3cc4c(s3)c3cc(-c5ccc(-c6cccs6)cc5)sc3c3cc(-c5ccc(-c6cccs6)cc5)sc43)cc2)c1. The van der Waals surface area contributed by atoms with E-state index in [9.17, 15) is 0 Å². The number of benzene rings is 4. The summed E-state index contributed by atoms with van der Waals surface area (Å²) in [7, 11) is 0. The van der Waals surface area contributed by atoms with Crippen LogP contribution in [-0.4, -0.2) is 0 Å². The molecule has 0 saturated carbocycles. The topological polar surface area (TPSA) is 0 Å². The first-order chi connectivity index (χ1) is 23.7. The molecule has 10 aromatic rings. The molecule has 0 bridgehead atoms. The minimum absolute atomic E-state index is 1.28. The summed E-state index contributed by atoms with van der Waals surface area (Å²) in [6, 6.07) is 47.6. The van der Waals surface area contributed by atoms with Gasteiger partial charge in [0.2, 0.25) is 0 Å². The van der Waals surface area contributed by atoms with Crippen LogP contribution in [0.3, 0.4) is 0 Å². The number of hydrogen-bond donors (Lipinski definition) is 0. The number of fused-ring (bicyclic) bond motifs is 6. The maximum absolute atomic E-state index is 2.44. The molecule has 0 aliphatic carbocycles. The van der Waals surface area contributed by atoms with Crippen molar-refractivity contribution in [3.05, 3.63) is 144 Å². The van der Waals surface area contributed by atoms with Gasteiger partial charge in [-0.25, -0.2) is 0 Å². The van der Waals surface area contributed by atoms with E-state index in [4.69, 9.17) is 0 Å². The third-order valence-corrected chi connectivity index (χ3v) is 15.3. The van der Waals surface area contributed by atoms with Crippen LogP contribution >= 0.6 is 68.0 Å². The van der Waals surface area contributed by atoms with E-state index in [0.29, 0.717) is 0 Å². The van der Waals surface area contributed by atoms with Gasteiger partial charge in [0.25, 0.3) is 0 Å². The van der Waals surface area contributed by atoms with Crippen LogP contribution in [0.1, 0.15) is 0 Å². The molecule has 0 fully saturated rings. The maximum atomic E-state index is 2.44. The lowest BCUT2D eigenvalue weighted by atomic mass is 10.1. The van der Waals surface area contributed by atoms with Crippen LogP contribution in [0.4, 0.5) is 0 Å². The summed E-state index contributed by atoms with van der Waals surface area (Å²) in [4.78, 5) is 7.89. The fraction of sp³-hybridized carbons (Fsp3) is 0. The minimum Gasteiger partial charge on any atom is -0.144 e. The number of hydrogen-bond acceptors (Lipinski definition) is 6. The Morgan fingerprint density at radius 1 is 0.271 bits per heavy atom. The molecule has 6 heteroatoms. The van der Waals surface area contributed by atoms with Crippen molar-refractivity contribution in [2.75, 3.05) is 0 Å². The highest BCUT2D eigenvalue weighted by atomic mass is 32.1. The lowest BCUT2D eigenvalue weighted by molar-refractivity contribution is 1.69. The maximum Gasteiger partial charge on any atom is 0.0451 e. The number of rotatable bonds is 6. The summed E-state index contributed by atoms with van der Waals surface area (Å²) in [6.07, 6.45) is 0. The summed E-state index contributed by atoms with van der Waals surface area (Å²) in [6.45, 7) is 0. The molecular formula is C42H24S6. The van der Waals surface area contributed by atoms with Crippen LogP contribution < -0.4 is 0 Å². The second-order valence-corrected chi connectivity index (χ2v) is 17.7. The fourth-order valence-corrected chi connectivity index (χ4v) is 12.4. The van der Waals surface area contributed by atoms with Gasteiger partial charge in [-0.1, -0.05) is 91.0 Å². The van der Waals surface area contributed by atoms with Crippen LogP contribution in [-0.2, 0) is 0 Å². The molecule has 0 N–H and O–H groups in total. The Labute approximate surface area is 302 Å². The molecule has 0 radical (unpaired) electrons. The van der Waals surface area contributed by atoms with E-state index in [0.717, 1.165) is 0 Å². The molecule has 0 saturated heterocycles. The summed E-state index contributed by atoms with van der Waals surface area (Å²) in [5, 5.41) is 10.5. The van der Waals surface area contributed by atoms with Crippen LogP contribution in [0.5, 0.6) is 0 Å². The van der Waals surface area contributed by atoms with E-state index in [1.54, 1.807) is 34.0 Å². The Bertz CT molecular complexity index is 2260. The molecule has 0 amide bonds. The average molecular weight is 721 g/mol. The summed E-state index contributed by atoms with van der Waals surface area (Å²) >= 11 is 11.2. The molecule has 0 unspecified atom stereocenters. The van der Waals surface area contributed by atoms with Gasteiger partial charge in [0, 0.05) is 59.5 Å². The second-order valence-electron chi connectivity index (χ2n) is 11.7. The highest BCUT2D eigenvalue weighted by molar-refractivity contribution is 7.29. The highest BCUT2D eigenvalue weighted by Gasteiger charge is 2.19. The summed E-state index contributed by atoms with van der Waals surface area (Å²) in [5.74, 6) is 0. The molecule has 0 aliphatic heterocycles. The molecule has 10 rings (SSSR count). The van der Waals surface area contributed by atoms with E-state index in [-0.39, 0.29) is 0 Å². The van der Waals surface area contributed by atoms with Gasteiger partial charge in [0.05, 0.1) is 0 Å². The predicted molar refractivity (Wildman–Crippen MR) is 219 cm³/mol. The lowest BCUT2D eigenvalue weighted by Crippen LogP contribution is -1.74. The van der Waals surface area contributed by atoms with E-state index in [2.05, 4.69) is 144 Å². The first kappa shape index (κ1) is 28.8. The summed E-state index contributed by atoms with van der Waals surface area (Å²) in [5.41, 5.74) is 7.66. The third kappa shape index (κ3) is 4.95. The molecule has 0 nitrogen and oxygen atoms in total. The molecule has 4 aromatic carbocycles. The zero-order valence-electron chi connectivity index (χ0n) is 25.3. The normalized spacial score (nSPS) is 11.8. The zero-order valence-corrected chi connectivity index (χ0v) is 30.2. The molecule has 0 aliphatic rings. The van der Waals surface area contributed by atoms with Gasteiger partial charge in [-0.15, -0.1) is 68.0 Å². The van der Waals surface area contributed by atoms with Crippen LogP contribution in [0.2, 0.25) is 0 Å². The van der Waals surface area contributed by atoms with Gasteiger partial charge in [-0.2, -0.15) is 0 Å². The molecule has 0 spiro atoms. The summed E-state index contributed by atoms with van der Waals surface area (Å²) < 4.78 is 4.15. The molecule has 0 atom stereocenters. The van der Waals surface area contributed by atoms with Crippen molar-refractivity contribution in [3.8, 4) is 62.6 Å². The molecule has 228 valence electrons. The van der Waals surface area contributed by atoms with Gasteiger partial charge in [0.1, 0.15) is 0 Å². The Hall–Kier alpha value is -4.14. The van der Waals surface area contributed by atoms with Crippen molar-refractivity contribution in [2.24, 2.45) is 0 Å². The van der Waals surface area contributed by atoms with E-state index < -0.39 is 0 Å². The molecule has 6 heterocycles. The molecule has 6 aromatic heterocycles. The molecular weight excluding hydrogens is 697 g/mol. The van der Waals surface area contributed by atoms with Crippen molar-refractivity contribution in [2.45, 2.75) is 0 Å². The number of thiophene rings is 6. The Balaban J connectivity index is 1.13. The van der Waals surface area contributed by atoms with E-state index in [1.165, 1.54) is 92.9 Å². The average Bonchev–Trinajstić information content (AvgIpc) is 3.99. The minimum atomic E-state index is 1.28. The standard InChI is InChI=1S/C42H24S6/c1-4-34(43-19-1)25-7-13-28(14-8-25)37-22-31-40(46-37)32-23-38(29-15-9-26(10-16-29)35-5-2-20-44-35)48-42(32)33-24-39(47-41(31)33)30-17-11-27(12-18-30)36-6-3-21-45-36/h1-24H. The van der Waals surface area contributed by atoms with E-state index >= 15 is 0 Å². The smallest absolute Gasteiger partial charge is 0.0451 e. The van der Waals surface area contributed by atoms with Crippen molar-refractivity contribution >= 4 is 98.3 Å². The first-order valence-electron chi connectivity index (χ1n) is 15.6. The van der Waals surface area contributed by atoms with Crippen LogP contribution in [0.25, 0.3) is 92.9 Å². The van der Waals surface area contributed by atoms with Crippen molar-refractivity contribution < 1.29 is 0 Å². The lowest BCUT2D eigenvalue weighted by Gasteiger charge is -2.00. The largest absolute Gasteiger partial charge is 0.144 e. The first-order valence-corrected chi connectivity index (χ1v) is 20.7. The zero-order chi connectivity index (χ0) is 31.6. The quantitative estimate of drug-likeness (QED) is 0.160. The Morgan fingerprint density at radius 2 is 0.521 bits per heavy atom. The van der Waals surface area contributed by atoms with Gasteiger partial charge in [0.15, 0.2) is 0 Å². The van der Waals surface area contributed by atoms with Crippen LogP contribution in [0, 0.1) is 0 Å². The van der Waals surface area contributed by atoms with Gasteiger partial charge in [-0.05, 0) is 85.9 Å².